The van der Waals surface area contributed by atoms with Crippen molar-refractivity contribution in [2.24, 2.45) is 11.5 Å². The summed E-state index contributed by atoms with van der Waals surface area (Å²) < 4.78 is 1.98. The lowest BCUT2D eigenvalue weighted by atomic mass is 10.1. The molecule has 0 aromatic heterocycles. The Labute approximate surface area is 119 Å². The molecule has 1 aromatic rings. The number of phenols is 1. The molecule has 0 radical (unpaired) electrons. The Bertz CT molecular complexity index is 362. The second-order valence-corrected chi connectivity index (χ2v) is 5.26. The van der Waals surface area contributed by atoms with Crippen LogP contribution in [-0.4, -0.2) is 11.7 Å². The van der Waals surface area contributed by atoms with Gasteiger partial charge in [0.25, 0.3) is 0 Å². The van der Waals surface area contributed by atoms with E-state index in [1.165, 1.54) is 0 Å². The van der Waals surface area contributed by atoms with E-state index in [0.717, 1.165) is 10.0 Å². The Morgan fingerprint density at radius 2 is 1.80 bits per heavy atom. The fourth-order valence-corrected chi connectivity index (χ4v) is 3.76. The highest BCUT2D eigenvalue weighted by molar-refractivity contribution is 9.11. The lowest BCUT2D eigenvalue weighted by molar-refractivity contribution is 0.466. The second-order valence-electron chi connectivity index (χ2n) is 2.76. The normalized spacial score (nSPS) is 12.1. The highest BCUT2D eigenvalue weighted by Gasteiger charge is 2.17. The van der Waals surface area contributed by atoms with Crippen molar-refractivity contribution < 1.29 is 5.11 Å². The van der Waals surface area contributed by atoms with E-state index in [0.29, 0.717) is 15.5 Å². The standard InChI is InChI=1S/C8H9Br3N2O.ClH/c9-3-1-4(10)8(14)7(11)6(3)5(13)2-12;/h1,5,14H,2,12-13H2;1H/t5-;/m1./s1. The summed E-state index contributed by atoms with van der Waals surface area (Å²) in [7, 11) is 0. The summed E-state index contributed by atoms with van der Waals surface area (Å²) >= 11 is 9.86. The molecular formula is C8H10Br3ClN2O. The van der Waals surface area contributed by atoms with Crippen molar-refractivity contribution in [2.75, 3.05) is 6.54 Å². The van der Waals surface area contributed by atoms with Gasteiger partial charge < -0.3 is 16.6 Å². The SMILES string of the molecule is Cl.NC[C@@H](N)c1c(Br)cc(Br)c(O)c1Br. The van der Waals surface area contributed by atoms with Gasteiger partial charge in [-0.2, -0.15) is 0 Å². The molecule has 0 amide bonds. The maximum absolute atomic E-state index is 9.65. The Morgan fingerprint density at radius 1 is 1.27 bits per heavy atom. The largest absolute Gasteiger partial charge is 0.506 e. The number of nitrogens with two attached hydrogens (primary N) is 2. The number of phenolic OH excluding ortho intramolecular Hbond substituents is 1. The number of hydrogen-bond acceptors (Lipinski definition) is 3. The smallest absolute Gasteiger partial charge is 0.144 e. The Morgan fingerprint density at radius 3 is 2.27 bits per heavy atom. The van der Waals surface area contributed by atoms with E-state index in [1.54, 1.807) is 6.07 Å². The van der Waals surface area contributed by atoms with Gasteiger partial charge in [0.15, 0.2) is 0 Å². The van der Waals surface area contributed by atoms with E-state index >= 15 is 0 Å². The molecule has 1 rings (SSSR count). The number of aromatic hydroxyl groups is 1. The van der Waals surface area contributed by atoms with Crippen LogP contribution in [0, 0.1) is 0 Å². The average molecular weight is 425 g/mol. The predicted octanol–water partition coefficient (Wildman–Crippen LogP) is 3.06. The summed E-state index contributed by atoms with van der Waals surface area (Å²) in [6.45, 7) is 0.318. The van der Waals surface area contributed by atoms with Gasteiger partial charge in [-0.15, -0.1) is 12.4 Å². The third-order valence-corrected chi connectivity index (χ3v) is 3.87. The lowest BCUT2D eigenvalue weighted by Gasteiger charge is -2.15. The van der Waals surface area contributed by atoms with E-state index in [-0.39, 0.29) is 24.2 Å². The minimum Gasteiger partial charge on any atom is -0.506 e. The molecule has 0 aliphatic rings. The molecule has 0 bridgehead atoms. The Balaban J connectivity index is 0.00000196. The highest BCUT2D eigenvalue weighted by Crippen LogP contribution is 2.41. The first-order chi connectivity index (χ1) is 6.49. The van der Waals surface area contributed by atoms with Crippen LogP contribution in [0.25, 0.3) is 0 Å². The van der Waals surface area contributed by atoms with Gasteiger partial charge in [0, 0.05) is 22.6 Å². The minimum atomic E-state index is -0.308. The van der Waals surface area contributed by atoms with E-state index in [9.17, 15) is 5.11 Å². The molecule has 0 heterocycles. The monoisotopic (exact) mass is 422 g/mol. The van der Waals surface area contributed by atoms with Crippen molar-refractivity contribution >= 4 is 60.2 Å². The molecule has 15 heavy (non-hydrogen) atoms. The fraction of sp³-hybridized carbons (Fsp3) is 0.250. The molecule has 0 spiro atoms. The van der Waals surface area contributed by atoms with Crippen molar-refractivity contribution in [3.8, 4) is 5.75 Å². The van der Waals surface area contributed by atoms with Crippen molar-refractivity contribution in [3.05, 3.63) is 25.0 Å². The van der Waals surface area contributed by atoms with Gasteiger partial charge in [0.05, 0.1) is 8.95 Å². The van der Waals surface area contributed by atoms with E-state index in [1.807, 2.05) is 0 Å². The molecule has 0 aliphatic carbocycles. The van der Waals surface area contributed by atoms with Crippen LogP contribution < -0.4 is 11.5 Å². The van der Waals surface area contributed by atoms with Crippen LogP contribution >= 0.6 is 60.2 Å². The number of benzene rings is 1. The van der Waals surface area contributed by atoms with Gasteiger partial charge in [-0.25, -0.2) is 0 Å². The third kappa shape index (κ3) is 3.31. The maximum atomic E-state index is 9.65. The molecule has 0 unspecified atom stereocenters. The van der Waals surface area contributed by atoms with E-state index in [2.05, 4.69) is 47.8 Å². The lowest BCUT2D eigenvalue weighted by Crippen LogP contribution is -2.21. The number of rotatable bonds is 2. The minimum absolute atomic E-state index is 0. The van der Waals surface area contributed by atoms with Gasteiger partial charge in [0.1, 0.15) is 5.75 Å². The van der Waals surface area contributed by atoms with Crippen LogP contribution in [0.3, 0.4) is 0 Å². The van der Waals surface area contributed by atoms with E-state index in [4.69, 9.17) is 11.5 Å². The van der Waals surface area contributed by atoms with Gasteiger partial charge >= 0.3 is 0 Å². The summed E-state index contributed by atoms with van der Waals surface area (Å²) in [6, 6.07) is 1.43. The zero-order valence-corrected chi connectivity index (χ0v) is 13.1. The summed E-state index contributed by atoms with van der Waals surface area (Å²) in [5.41, 5.74) is 12.0. The topological polar surface area (TPSA) is 72.3 Å². The molecule has 0 aliphatic heterocycles. The molecule has 86 valence electrons. The van der Waals surface area contributed by atoms with Crippen molar-refractivity contribution in [3.63, 3.8) is 0 Å². The molecule has 3 nitrogen and oxygen atoms in total. The van der Waals surface area contributed by atoms with Crippen molar-refractivity contribution in [1.29, 1.82) is 0 Å². The molecular weight excluding hydrogens is 415 g/mol. The van der Waals surface area contributed by atoms with Gasteiger partial charge in [0.2, 0.25) is 0 Å². The molecule has 0 saturated carbocycles. The fourth-order valence-electron chi connectivity index (χ4n) is 1.05. The quantitative estimate of drug-likeness (QED) is 0.682. The number of hydrogen-bond donors (Lipinski definition) is 3. The van der Waals surface area contributed by atoms with Gasteiger partial charge in [-0.1, -0.05) is 15.9 Å². The summed E-state index contributed by atoms with van der Waals surface area (Å²) in [5.74, 6) is 0.132. The summed E-state index contributed by atoms with van der Waals surface area (Å²) in [5, 5.41) is 9.65. The molecule has 1 aromatic carbocycles. The Kier molecular flexibility index (Phi) is 6.70. The maximum Gasteiger partial charge on any atom is 0.144 e. The van der Waals surface area contributed by atoms with Crippen molar-refractivity contribution in [2.45, 2.75) is 6.04 Å². The third-order valence-electron chi connectivity index (χ3n) is 1.81. The predicted molar refractivity (Wildman–Crippen MR) is 74.4 cm³/mol. The van der Waals surface area contributed by atoms with Crippen LogP contribution in [0.15, 0.2) is 19.5 Å². The molecule has 0 fully saturated rings. The Hall–Kier alpha value is 0.670. The van der Waals surface area contributed by atoms with Crippen LogP contribution in [0.5, 0.6) is 5.75 Å². The number of halogens is 4. The second kappa shape index (κ2) is 6.42. The molecule has 0 saturated heterocycles. The van der Waals surface area contributed by atoms with Gasteiger partial charge in [-0.05, 0) is 37.9 Å². The molecule has 7 heteroatoms. The summed E-state index contributed by atoms with van der Waals surface area (Å²) in [4.78, 5) is 0. The van der Waals surface area contributed by atoms with E-state index < -0.39 is 0 Å². The van der Waals surface area contributed by atoms with Crippen LogP contribution in [0.4, 0.5) is 0 Å². The molecule has 1 atom stereocenters. The zero-order chi connectivity index (χ0) is 10.9. The molecule has 5 N–H and O–H groups in total. The average Bonchev–Trinajstić information content (AvgIpc) is 2.14. The first-order valence-electron chi connectivity index (χ1n) is 3.81. The van der Waals surface area contributed by atoms with Crippen LogP contribution in [0.1, 0.15) is 11.6 Å². The zero-order valence-electron chi connectivity index (χ0n) is 7.51. The first-order valence-corrected chi connectivity index (χ1v) is 6.19. The van der Waals surface area contributed by atoms with Gasteiger partial charge in [-0.3, -0.25) is 0 Å². The highest BCUT2D eigenvalue weighted by atomic mass is 79.9. The van der Waals surface area contributed by atoms with Crippen LogP contribution in [0.2, 0.25) is 0 Å². The first kappa shape index (κ1) is 15.7. The van der Waals surface area contributed by atoms with Crippen LogP contribution in [-0.2, 0) is 0 Å². The summed E-state index contributed by atoms with van der Waals surface area (Å²) in [6.07, 6.45) is 0. The van der Waals surface area contributed by atoms with Crippen molar-refractivity contribution in [1.82, 2.24) is 0 Å².